The third-order valence-electron chi connectivity index (χ3n) is 1.24. The Morgan fingerprint density at radius 2 is 2.30 bits per heavy atom. The van der Waals surface area contributed by atoms with Gasteiger partial charge in [0, 0.05) is 12.2 Å². The minimum atomic E-state index is 0.394. The van der Waals surface area contributed by atoms with Crippen LogP contribution in [0.5, 0.6) is 0 Å². The summed E-state index contributed by atoms with van der Waals surface area (Å²) in [4.78, 5) is 0. The number of nitrogen functional groups attached to an aromatic ring is 1. The van der Waals surface area contributed by atoms with Gasteiger partial charge in [-0.05, 0) is 36.4 Å². The second kappa shape index (κ2) is 2.77. The average Bonchev–Trinajstić information content (AvgIpc) is 2.13. The summed E-state index contributed by atoms with van der Waals surface area (Å²) in [6, 6.07) is 0.394. The van der Waals surface area contributed by atoms with E-state index in [-0.39, 0.29) is 0 Å². The lowest BCUT2D eigenvalue weighted by atomic mass is 10.4. The van der Waals surface area contributed by atoms with Gasteiger partial charge in [0.15, 0.2) is 5.82 Å². The van der Waals surface area contributed by atoms with Gasteiger partial charge in [-0.1, -0.05) is 0 Å². The molecule has 0 unspecified atom stereocenters. The van der Waals surface area contributed by atoms with Crippen molar-refractivity contribution >= 4 is 28.4 Å². The van der Waals surface area contributed by atoms with Crippen LogP contribution in [0.2, 0.25) is 0 Å². The predicted octanol–water partition coefficient (Wildman–Crippen LogP) is 1.65. The molecule has 0 fully saturated rings. The van der Waals surface area contributed by atoms with E-state index in [2.05, 4.69) is 41.5 Å². The van der Waals surface area contributed by atoms with E-state index in [1.54, 1.807) is 0 Å². The molecule has 3 nitrogen and oxygen atoms in total. The Morgan fingerprint density at radius 3 is 2.50 bits per heavy atom. The Kier molecular flexibility index (Phi) is 2.18. The van der Waals surface area contributed by atoms with Crippen LogP contribution >= 0.6 is 22.6 Å². The SMILES string of the molecule is CC(C)n1cc(I)c(N)n1. The molecule has 0 radical (unpaired) electrons. The summed E-state index contributed by atoms with van der Waals surface area (Å²) in [6.07, 6.45) is 1.94. The molecule has 1 rings (SSSR count). The first-order chi connectivity index (χ1) is 4.61. The summed E-state index contributed by atoms with van der Waals surface area (Å²) in [5.41, 5.74) is 5.54. The quantitative estimate of drug-likeness (QED) is 0.771. The van der Waals surface area contributed by atoms with Crippen LogP contribution in [0.25, 0.3) is 0 Å². The number of hydrogen-bond donors (Lipinski definition) is 1. The van der Waals surface area contributed by atoms with E-state index in [4.69, 9.17) is 5.73 Å². The van der Waals surface area contributed by atoms with Crippen molar-refractivity contribution in [2.24, 2.45) is 0 Å². The van der Waals surface area contributed by atoms with E-state index in [9.17, 15) is 0 Å². The van der Waals surface area contributed by atoms with E-state index in [1.165, 1.54) is 0 Å². The number of nitrogens with zero attached hydrogens (tertiary/aromatic N) is 2. The smallest absolute Gasteiger partial charge is 0.158 e. The largest absolute Gasteiger partial charge is 0.381 e. The van der Waals surface area contributed by atoms with Gasteiger partial charge in [0.1, 0.15) is 0 Å². The molecular weight excluding hydrogens is 241 g/mol. The molecule has 10 heavy (non-hydrogen) atoms. The molecule has 0 aliphatic carbocycles. The van der Waals surface area contributed by atoms with Crippen LogP contribution in [0.4, 0.5) is 5.82 Å². The first-order valence-electron chi connectivity index (χ1n) is 3.11. The van der Waals surface area contributed by atoms with Gasteiger partial charge in [-0.25, -0.2) is 0 Å². The topological polar surface area (TPSA) is 43.8 Å². The highest BCUT2D eigenvalue weighted by atomic mass is 127. The fraction of sp³-hybridized carbons (Fsp3) is 0.500. The summed E-state index contributed by atoms with van der Waals surface area (Å²) in [6.45, 7) is 4.14. The minimum absolute atomic E-state index is 0.394. The van der Waals surface area contributed by atoms with E-state index in [1.807, 2.05) is 10.9 Å². The van der Waals surface area contributed by atoms with Crippen LogP contribution in [0.3, 0.4) is 0 Å². The van der Waals surface area contributed by atoms with Gasteiger partial charge < -0.3 is 5.73 Å². The van der Waals surface area contributed by atoms with Crippen molar-refractivity contribution in [2.75, 3.05) is 5.73 Å². The number of rotatable bonds is 1. The number of hydrogen-bond acceptors (Lipinski definition) is 2. The molecule has 0 aromatic carbocycles. The van der Waals surface area contributed by atoms with Gasteiger partial charge in [-0.15, -0.1) is 0 Å². The van der Waals surface area contributed by atoms with E-state index in [0.29, 0.717) is 11.9 Å². The Morgan fingerprint density at radius 1 is 1.70 bits per heavy atom. The average molecular weight is 251 g/mol. The fourth-order valence-electron chi connectivity index (χ4n) is 0.648. The number of aromatic nitrogens is 2. The Bertz CT molecular complexity index is 209. The maximum atomic E-state index is 5.54. The Hall–Kier alpha value is -0.260. The normalized spacial score (nSPS) is 10.8. The molecule has 4 heteroatoms. The van der Waals surface area contributed by atoms with Crippen LogP contribution in [-0.2, 0) is 0 Å². The van der Waals surface area contributed by atoms with Gasteiger partial charge in [0.05, 0.1) is 3.57 Å². The molecule has 0 amide bonds. The lowest BCUT2D eigenvalue weighted by Crippen LogP contribution is -2.01. The Labute approximate surface area is 73.7 Å². The zero-order valence-corrected chi connectivity index (χ0v) is 8.16. The molecule has 0 saturated carbocycles. The first kappa shape index (κ1) is 7.84. The maximum Gasteiger partial charge on any atom is 0.158 e. The second-order valence-corrected chi connectivity index (χ2v) is 3.60. The lowest BCUT2D eigenvalue weighted by molar-refractivity contribution is 0.534. The van der Waals surface area contributed by atoms with Gasteiger partial charge in [-0.2, -0.15) is 5.10 Å². The van der Waals surface area contributed by atoms with Gasteiger partial charge in [0.2, 0.25) is 0 Å². The highest BCUT2D eigenvalue weighted by Crippen LogP contribution is 2.14. The minimum Gasteiger partial charge on any atom is -0.381 e. The standard InChI is InChI=1S/C6H10IN3/c1-4(2)10-3-5(7)6(8)9-10/h3-4H,1-2H3,(H2,8,9). The number of halogens is 1. The third kappa shape index (κ3) is 1.42. The number of nitrogens with two attached hydrogens (primary N) is 1. The summed E-state index contributed by atoms with van der Waals surface area (Å²) in [5.74, 6) is 0.620. The van der Waals surface area contributed by atoms with Crippen molar-refractivity contribution in [3.63, 3.8) is 0 Å². The summed E-state index contributed by atoms with van der Waals surface area (Å²) in [7, 11) is 0. The molecule has 0 aliphatic heterocycles. The molecule has 0 bridgehead atoms. The van der Waals surface area contributed by atoms with Crippen LogP contribution < -0.4 is 5.73 Å². The molecule has 1 heterocycles. The summed E-state index contributed by atoms with van der Waals surface area (Å²) >= 11 is 2.17. The van der Waals surface area contributed by atoms with Gasteiger partial charge >= 0.3 is 0 Å². The zero-order valence-electron chi connectivity index (χ0n) is 6.00. The van der Waals surface area contributed by atoms with Crippen molar-refractivity contribution in [3.8, 4) is 0 Å². The van der Waals surface area contributed by atoms with Crippen molar-refractivity contribution < 1.29 is 0 Å². The van der Waals surface area contributed by atoms with Gasteiger partial charge in [0.25, 0.3) is 0 Å². The first-order valence-corrected chi connectivity index (χ1v) is 4.19. The maximum absolute atomic E-state index is 5.54. The van der Waals surface area contributed by atoms with Crippen molar-refractivity contribution in [1.29, 1.82) is 0 Å². The summed E-state index contributed by atoms with van der Waals surface area (Å²) < 4.78 is 2.88. The lowest BCUT2D eigenvalue weighted by Gasteiger charge is -2.02. The van der Waals surface area contributed by atoms with E-state index in [0.717, 1.165) is 3.57 Å². The molecule has 0 saturated heterocycles. The molecule has 1 aromatic heterocycles. The van der Waals surface area contributed by atoms with Crippen molar-refractivity contribution in [3.05, 3.63) is 9.77 Å². The molecule has 2 N–H and O–H groups in total. The summed E-state index contributed by atoms with van der Waals surface area (Å²) in [5, 5.41) is 4.10. The molecule has 0 atom stereocenters. The van der Waals surface area contributed by atoms with Crippen LogP contribution in [0.1, 0.15) is 19.9 Å². The number of anilines is 1. The molecular formula is C6H10IN3. The molecule has 0 spiro atoms. The molecule has 56 valence electrons. The van der Waals surface area contributed by atoms with Crippen molar-refractivity contribution in [2.45, 2.75) is 19.9 Å². The van der Waals surface area contributed by atoms with E-state index < -0.39 is 0 Å². The van der Waals surface area contributed by atoms with Crippen molar-refractivity contribution in [1.82, 2.24) is 9.78 Å². The molecule has 0 aliphatic rings. The fourth-order valence-corrected chi connectivity index (χ4v) is 1.04. The third-order valence-corrected chi connectivity index (χ3v) is 2.07. The highest BCUT2D eigenvalue weighted by molar-refractivity contribution is 14.1. The Balaban J connectivity index is 2.98. The monoisotopic (exact) mass is 251 g/mol. The van der Waals surface area contributed by atoms with Crippen LogP contribution in [0, 0.1) is 3.57 Å². The van der Waals surface area contributed by atoms with Gasteiger partial charge in [-0.3, -0.25) is 4.68 Å². The van der Waals surface area contributed by atoms with E-state index >= 15 is 0 Å². The highest BCUT2D eigenvalue weighted by Gasteiger charge is 2.03. The predicted molar refractivity (Wildman–Crippen MR) is 49.7 cm³/mol. The second-order valence-electron chi connectivity index (χ2n) is 2.44. The van der Waals surface area contributed by atoms with Crippen LogP contribution in [0.15, 0.2) is 6.20 Å². The molecule has 1 aromatic rings. The van der Waals surface area contributed by atoms with Crippen LogP contribution in [-0.4, -0.2) is 9.78 Å². The zero-order chi connectivity index (χ0) is 7.72.